The van der Waals surface area contributed by atoms with Crippen molar-refractivity contribution in [2.24, 2.45) is 0 Å². The molecular weight excluding hydrogens is 386 g/mol. The summed E-state index contributed by atoms with van der Waals surface area (Å²) in [5.41, 5.74) is 3.66. The summed E-state index contributed by atoms with van der Waals surface area (Å²) >= 11 is 5.99. The first-order chi connectivity index (χ1) is 13.8. The summed E-state index contributed by atoms with van der Waals surface area (Å²) in [6.45, 7) is 5.76. The Bertz CT molecular complexity index is 885. The Morgan fingerprint density at radius 2 is 1.72 bits per heavy atom. The van der Waals surface area contributed by atoms with Crippen molar-refractivity contribution in [2.75, 3.05) is 6.61 Å². The van der Waals surface area contributed by atoms with Gasteiger partial charge in [0.05, 0.1) is 11.5 Å². The van der Waals surface area contributed by atoms with Gasteiger partial charge in [-0.3, -0.25) is 9.59 Å². The third-order valence-corrected chi connectivity index (χ3v) is 6.24. The van der Waals surface area contributed by atoms with Crippen LogP contribution in [0.4, 0.5) is 0 Å². The summed E-state index contributed by atoms with van der Waals surface area (Å²) in [5.74, 6) is -0.625. The van der Waals surface area contributed by atoms with Crippen molar-refractivity contribution in [3.05, 3.63) is 69.7 Å². The highest BCUT2D eigenvalue weighted by molar-refractivity contribution is 6.30. The van der Waals surface area contributed by atoms with Crippen molar-refractivity contribution in [2.45, 2.75) is 57.9 Å². The van der Waals surface area contributed by atoms with Gasteiger partial charge in [-0.1, -0.05) is 54.8 Å². The third kappa shape index (κ3) is 4.81. The molecule has 1 fully saturated rings. The highest BCUT2D eigenvalue weighted by Gasteiger charge is 2.44. The predicted octanol–water partition coefficient (Wildman–Crippen LogP) is 5.19. The Kier molecular flexibility index (Phi) is 6.63. The van der Waals surface area contributed by atoms with E-state index in [1.807, 2.05) is 38.1 Å². The van der Waals surface area contributed by atoms with Gasteiger partial charge < -0.3 is 10.1 Å². The lowest BCUT2D eigenvalue weighted by atomic mass is 9.79. The molecule has 1 atom stereocenters. The Hall–Kier alpha value is -2.33. The molecule has 0 aliphatic heterocycles. The van der Waals surface area contributed by atoms with E-state index >= 15 is 0 Å². The van der Waals surface area contributed by atoms with Crippen molar-refractivity contribution in [1.82, 2.24) is 5.32 Å². The number of ether oxygens (including phenoxy) is 1. The second kappa shape index (κ2) is 9.00. The number of benzene rings is 2. The lowest BCUT2D eigenvalue weighted by Crippen LogP contribution is -2.38. The molecule has 5 heteroatoms. The van der Waals surface area contributed by atoms with Crippen LogP contribution in [0, 0.1) is 13.8 Å². The number of carbonyl (C=O) groups excluding carboxylic acids is 2. The van der Waals surface area contributed by atoms with E-state index < -0.39 is 5.41 Å². The zero-order chi connectivity index (χ0) is 21.0. The Balaban J connectivity index is 1.61. The minimum Gasteiger partial charge on any atom is -0.455 e. The van der Waals surface area contributed by atoms with E-state index in [0.717, 1.165) is 36.8 Å². The summed E-state index contributed by atoms with van der Waals surface area (Å²) in [7, 11) is 0. The van der Waals surface area contributed by atoms with Crippen molar-refractivity contribution in [3.63, 3.8) is 0 Å². The van der Waals surface area contributed by atoms with Crippen LogP contribution in [-0.2, 0) is 19.7 Å². The van der Waals surface area contributed by atoms with Crippen LogP contribution in [0.5, 0.6) is 0 Å². The summed E-state index contributed by atoms with van der Waals surface area (Å²) in [5, 5.41) is 3.55. The molecule has 3 rings (SSSR count). The molecule has 29 heavy (non-hydrogen) atoms. The molecule has 0 spiro atoms. The average molecular weight is 414 g/mol. The molecule has 1 N–H and O–H groups in total. The Morgan fingerprint density at radius 3 is 2.34 bits per heavy atom. The molecule has 0 unspecified atom stereocenters. The molecule has 0 aromatic heterocycles. The highest BCUT2D eigenvalue weighted by atomic mass is 35.5. The number of aryl methyl sites for hydroxylation is 2. The molecule has 4 nitrogen and oxygen atoms in total. The van der Waals surface area contributed by atoms with Crippen LogP contribution in [0.1, 0.15) is 60.9 Å². The molecule has 1 amide bonds. The van der Waals surface area contributed by atoms with Gasteiger partial charge in [0.1, 0.15) is 0 Å². The van der Waals surface area contributed by atoms with Crippen molar-refractivity contribution in [1.29, 1.82) is 0 Å². The number of nitrogens with one attached hydrogen (secondary N) is 1. The van der Waals surface area contributed by atoms with Crippen LogP contribution in [0.3, 0.4) is 0 Å². The Labute approximate surface area is 177 Å². The fourth-order valence-corrected chi connectivity index (χ4v) is 4.15. The van der Waals surface area contributed by atoms with E-state index in [4.69, 9.17) is 16.3 Å². The van der Waals surface area contributed by atoms with Gasteiger partial charge >= 0.3 is 5.97 Å². The van der Waals surface area contributed by atoms with Gasteiger partial charge in [-0.05, 0) is 68.0 Å². The normalized spacial score (nSPS) is 16.3. The minimum absolute atomic E-state index is 0.155. The summed E-state index contributed by atoms with van der Waals surface area (Å²) in [6.07, 6.45) is 3.39. The van der Waals surface area contributed by atoms with E-state index in [1.54, 1.807) is 12.1 Å². The maximum Gasteiger partial charge on any atom is 0.317 e. The van der Waals surface area contributed by atoms with Gasteiger partial charge in [0.15, 0.2) is 6.61 Å². The van der Waals surface area contributed by atoms with Crippen molar-refractivity contribution >= 4 is 23.5 Å². The number of hydrogen-bond donors (Lipinski definition) is 1. The predicted molar refractivity (Wildman–Crippen MR) is 115 cm³/mol. The minimum atomic E-state index is -0.676. The molecule has 1 aliphatic carbocycles. The van der Waals surface area contributed by atoms with Crippen LogP contribution in [0.25, 0.3) is 0 Å². The molecule has 0 bridgehead atoms. The number of halogens is 1. The standard InChI is InChI=1S/C24H28ClNO3/c1-16-6-7-19(14-17(16)2)18(3)26-22(27)15-29-23(28)24(12-4-5-13-24)20-8-10-21(25)11-9-20/h6-11,14,18H,4-5,12-13,15H2,1-3H3,(H,26,27)/t18-/m0/s1. The van der Waals surface area contributed by atoms with E-state index in [2.05, 4.69) is 18.3 Å². The maximum absolute atomic E-state index is 13.0. The van der Waals surface area contributed by atoms with E-state index in [-0.39, 0.29) is 24.5 Å². The number of esters is 1. The second-order valence-electron chi connectivity index (χ2n) is 8.01. The largest absolute Gasteiger partial charge is 0.455 e. The molecule has 2 aromatic rings. The van der Waals surface area contributed by atoms with Gasteiger partial charge in [-0.2, -0.15) is 0 Å². The van der Waals surface area contributed by atoms with E-state index in [0.29, 0.717) is 5.02 Å². The monoisotopic (exact) mass is 413 g/mol. The highest BCUT2D eigenvalue weighted by Crippen LogP contribution is 2.42. The SMILES string of the molecule is Cc1ccc([C@H](C)NC(=O)COC(=O)C2(c3ccc(Cl)cc3)CCCC2)cc1C. The molecule has 1 saturated carbocycles. The van der Waals surface area contributed by atoms with Crippen LogP contribution in [0.2, 0.25) is 5.02 Å². The molecule has 154 valence electrons. The zero-order valence-corrected chi connectivity index (χ0v) is 18.0. The molecule has 0 heterocycles. The lowest BCUT2D eigenvalue weighted by Gasteiger charge is -2.27. The van der Waals surface area contributed by atoms with Crippen LogP contribution in [-0.4, -0.2) is 18.5 Å². The van der Waals surface area contributed by atoms with Crippen LogP contribution >= 0.6 is 11.6 Å². The fourth-order valence-electron chi connectivity index (χ4n) is 4.03. The number of carbonyl (C=O) groups is 2. The number of amides is 1. The van der Waals surface area contributed by atoms with E-state index in [1.165, 1.54) is 11.1 Å². The summed E-state index contributed by atoms with van der Waals surface area (Å²) in [6, 6.07) is 13.3. The van der Waals surface area contributed by atoms with Gasteiger partial charge in [0.2, 0.25) is 0 Å². The van der Waals surface area contributed by atoms with Gasteiger partial charge in [0, 0.05) is 5.02 Å². The number of rotatable bonds is 6. The van der Waals surface area contributed by atoms with Crippen molar-refractivity contribution < 1.29 is 14.3 Å². The van der Waals surface area contributed by atoms with Gasteiger partial charge in [0.25, 0.3) is 5.91 Å². The first-order valence-corrected chi connectivity index (χ1v) is 10.5. The zero-order valence-electron chi connectivity index (χ0n) is 17.3. The smallest absolute Gasteiger partial charge is 0.317 e. The maximum atomic E-state index is 13.0. The second-order valence-corrected chi connectivity index (χ2v) is 8.44. The first-order valence-electron chi connectivity index (χ1n) is 10.1. The fraction of sp³-hybridized carbons (Fsp3) is 0.417. The lowest BCUT2D eigenvalue weighted by molar-refractivity contribution is -0.154. The number of hydrogen-bond acceptors (Lipinski definition) is 3. The van der Waals surface area contributed by atoms with Crippen LogP contribution in [0.15, 0.2) is 42.5 Å². The molecule has 2 aromatic carbocycles. The molecule has 0 saturated heterocycles. The molecular formula is C24H28ClNO3. The Morgan fingerprint density at radius 1 is 1.07 bits per heavy atom. The molecule has 1 aliphatic rings. The van der Waals surface area contributed by atoms with E-state index in [9.17, 15) is 9.59 Å². The summed E-state index contributed by atoms with van der Waals surface area (Å²) in [4.78, 5) is 25.3. The van der Waals surface area contributed by atoms with Gasteiger partial charge in [-0.25, -0.2) is 0 Å². The first kappa shape index (κ1) is 21.4. The van der Waals surface area contributed by atoms with Crippen LogP contribution < -0.4 is 5.32 Å². The quantitative estimate of drug-likeness (QED) is 0.663. The van der Waals surface area contributed by atoms with Gasteiger partial charge in [-0.15, -0.1) is 0 Å². The molecule has 0 radical (unpaired) electrons. The van der Waals surface area contributed by atoms with Crippen molar-refractivity contribution in [3.8, 4) is 0 Å². The average Bonchev–Trinajstić information content (AvgIpc) is 3.20. The topological polar surface area (TPSA) is 55.4 Å². The summed E-state index contributed by atoms with van der Waals surface area (Å²) < 4.78 is 5.47. The third-order valence-electron chi connectivity index (χ3n) is 5.99.